The number of rotatable bonds is 6. The Morgan fingerprint density at radius 1 is 1.23 bits per heavy atom. The summed E-state index contributed by atoms with van der Waals surface area (Å²) in [7, 11) is 0. The van der Waals surface area contributed by atoms with Gasteiger partial charge in [-0.3, -0.25) is 14.9 Å². The van der Waals surface area contributed by atoms with Crippen LogP contribution in [0.5, 0.6) is 5.75 Å². The van der Waals surface area contributed by atoms with Crippen LogP contribution in [0.2, 0.25) is 0 Å². The summed E-state index contributed by atoms with van der Waals surface area (Å²) in [4.78, 5) is 30.0. The highest BCUT2D eigenvalue weighted by atomic mass is 32.1. The molecule has 0 radical (unpaired) electrons. The van der Waals surface area contributed by atoms with Crippen LogP contribution < -0.4 is 21.1 Å². The van der Waals surface area contributed by atoms with Crippen LogP contribution in [0.15, 0.2) is 18.2 Å². The number of hydrogen-bond acceptors (Lipinski definition) is 6. The maximum atomic E-state index is 12.9. The van der Waals surface area contributed by atoms with Gasteiger partial charge < -0.3 is 15.8 Å². The molecule has 31 heavy (non-hydrogen) atoms. The molecule has 0 aliphatic heterocycles. The number of amides is 2. The molecule has 11 heteroatoms. The van der Waals surface area contributed by atoms with Crippen LogP contribution in [0.1, 0.15) is 46.0 Å². The average Bonchev–Trinajstić information content (AvgIpc) is 3.08. The largest absolute Gasteiger partial charge is 0.573 e. The number of anilines is 1. The van der Waals surface area contributed by atoms with E-state index in [1.165, 1.54) is 12.1 Å². The fraction of sp³-hybridized carbons (Fsp3) is 0.550. The number of carbonyl (C=O) groups is 2. The highest BCUT2D eigenvalue weighted by molar-refractivity contribution is 7.22. The maximum Gasteiger partial charge on any atom is 0.573 e. The van der Waals surface area contributed by atoms with E-state index >= 15 is 0 Å². The molecule has 0 atom stereocenters. The van der Waals surface area contributed by atoms with Crippen molar-refractivity contribution in [2.24, 2.45) is 11.1 Å². The van der Waals surface area contributed by atoms with Crippen LogP contribution in [-0.2, 0) is 9.59 Å². The van der Waals surface area contributed by atoms with Crippen LogP contribution in [-0.4, -0.2) is 35.2 Å². The average molecular weight is 459 g/mol. The summed E-state index contributed by atoms with van der Waals surface area (Å²) in [5.41, 5.74) is 4.42. The number of hydrogen-bond donors (Lipinski definition) is 3. The first kappa shape index (κ1) is 23.3. The number of nitrogens with one attached hydrogen (secondary N) is 2. The molecule has 1 saturated carbocycles. The molecule has 1 aromatic heterocycles. The summed E-state index contributed by atoms with van der Waals surface area (Å²) in [6, 6.07) is 3.74. The molecule has 0 unspecified atom stereocenters. The van der Waals surface area contributed by atoms with Gasteiger partial charge in [-0.2, -0.15) is 0 Å². The molecule has 170 valence electrons. The van der Waals surface area contributed by atoms with Gasteiger partial charge in [0.15, 0.2) is 5.13 Å². The van der Waals surface area contributed by atoms with Gasteiger partial charge in [-0.1, -0.05) is 30.6 Å². The number of ether oxygens (including phenoxy) is 1. The summed E-state index contributed by atoms with van der Waals surface area (Å²) in [5, 5.41) is 5.65. The molecule has 2 amide bonds. The highest BCUT2D eigenvalue weighted by Gasteiger charge is 2.42. The number of benzene rings is 1. The quantitative estimate of drug-likeness (QED) is 0.608. The Morgan fingerprint density at radius 3 is 2.52 bits per heavy atom. The van der Waals surface area contributed by atoms with Crippen LogP contribution in [0, 0.1) is 5.41 Å². The van der Waals surface area contributed by atoms with Crippen LogP contribution in [0.25, 0.3) is 10.2 Å². The summed E-state index contributed by atoms with van der Waals surface area (Å²) in [5.74, 6) is -1.10. The second-order valence-electron chi connectivity index (χ2n) is 8.27. The number of nitrogens with two attached hydrogens (primary N) is 1. The standard InChI is InChI=1S/C20H25F3N4O3S/c1-18(2,27-16(29)19(11-24)8-4-3-5-9-19)15(28)26-17-25-13-7-6-12(10-14(13)31-17)30-20(21,22)23/h6-7,10H,3-5,8-9,11,24H2,1-2H3,(H,27,29)(H,25,26,28). The monoisotopic (exact) mass is 458 g/mol. The number of alkyl halides is 3. The normalized spacial score (nSPS) is 16.7. The van der Waals surface area contributed by atoms with Crippen molar-refractivity contribution in [1.29, 1.82) is 0 Å². The van der Waals surface area contributed by atoms with Gasteiger partial charge in [0.05, 0.1) is 15.6 Å². The lowest BCUT2D eigenvalue weighted by molar-refractivity contribution is -0.274. The van der Waals surface area contributed by atoms with E-state index in [4.69, 9.17) is 5.73 Å². The predicted octanol–water partition coefficient (Wildman–Crippen LogP) is 3.94. The molecular weight excluding hydrogens is 433 g/mol. The van der Waals surface area contributed by atoms with Gasteiger partial charge in [-0.25, -0.2) is 4.98 Å². The third-order valence-electron chi connectivity index (χ3n) is 5.49. The molecule has 2 aromatic rings. The molecule has 3 rings (SSSR count). The van der Waals surface area contributed by atoms with Gasteiger partial charge in [0.2, 0.25) is 5.91 Å². The van der Waals surface area contributed by atoms with E-state index in [9.17, 15) is 22.8 Å². The number of aromatic nitrogens is 1. The Balaban J connectivity index is 1.70. The second-order valence-corrected chi connectivity index (χ2v) is 9.31. The van der Waals surface area contributed by atoms with Crippen molar-refractivity contribution < 1.29 is 27.5 Å². The third kappa shape index (κ3) is 5.45. The zero-order valence-corrected chi connectivity index (χ0v) is 18.1. The van der Waals surface area contributed by atoms with Gasteiger partial charge in [0.25, 0.3) is 5.91 Å². The molecule has 1 aromatic carbocycles. The summed E-state index contributed by atoms with van der Waals surface area (Å²) < 4.78 is 41.6. The Labute approximate surface area is 181 Å². The maximum absolute atomic E-state index is 12.9. The Bertz CT molecular complexity index is 968. The van der Waals surface area contributed by atoms with Crippen LogP contribution >= 0.6 is 11.3 Å². The first-order chi connectivity index (χ1) is 14.4. The van der Waals surface area contributed by atoms with Crippen molar-refractivity contribution >= 4 is 38.5 Å². The van der Waals surface area contributed by atoms with Gasteiger partial charge >= 0.3 is 6.36 Å². The minimum absolute atomic E-state index is 0.206. The zero-order valence-electron chi connectivity index (χ0n) is 17.3. The van der Waals surface area contributed by atoms with Gasteiger partial charge in [0, 0.05) is 12.6 Å². The minimum atomic E-state index is -4.79. The van der Waals surface area contributed by atoms with E-state index in [2.05, 4.69) is 20.4 Å². The molecule has 0 spiro atoms. The molecule has 1 aliphatic rings. The van der Waals surface area contributed by atoms with E-state index in [0.717, 1.165) is 36.7 Å². The highest BCUT2D eigenvalue weighted by Crippen LogP contribution is 2.36. The molecule has 1 aliphatic carbocycles. The van der Waals surface area contributed by atoms with Gasteiger partial charge in [-0.15, -0.1) is 13.2 Å². The molecule has 1 heterocycles. The lowest BCUT2D eigenvalue weighted by atomic mass is 9.73. The van der Waals surface area contributed by atoms with Crippen molar-refractivity contribution in [2.75, 3.05) is 11.9 Å². The number of halogens is 3. The molecule has 1 fully saturated rings. The van der Waals surface area contributed by atoms with Crippen LogP contribution in [0.3, 0.4) is 0 Å². The Hall–Kier alpha value is -2.40. The summed E-state index contributed by atoms with van der Waals surface area (Å²) in [6.07, 6.45) is -0.518. The van der Waals surface area contributed by atoms with Crippen molar-refractivity contribution in [3.05, 3.63) is 18.2 Å². The van der Waals surface area contributed by atoms with E-state index in [-0.39, 0.29) is 23.3 Å². The summed E-state index contributed by atoms with van der Waals surface area (Å²) >= 11 is 1.01. The van der Waals surface area contributed by atoms with Gasteiger partial charge in [-0.05, 0) is 38.8 Å². The van der Waals surface area contributed by atoms with Crippen molar-refractivity contribution in [1.82, 2.24) is 10.3 Å². The van der Waals surface area contributed by atoms with E-state index in [1.54, 1.807) is 13.8 Å². The molecule has 7 nitrogen and oxygen atoms in total. The zero-order chi connectivity index (χ0) is 22.9. The van der Waals surface area contributed by atoms with E-state index in [1.807, 2.05) is 0 Å². The lowest BCUT2D eigenvalue weighted by Gasteiger charge is -2.37. The fourth-order valence-electron chi connectivity index (χ4n) is 3.63. The minimum Gasteiger partial charge on any atom is -0.406 e. The lowest BCUT2D eigenvalue weighted by Crippen LogP contribution is -2.58. The first-order valence-corrected chi connectivity index (χ1v) is 10.8. The summed E-state index contributed by atoms with van der Waals surface area (Å²) in [6.45, 7) is 3.38. The van der Waals surface area contributed by atoms with E-state index in [0.29, 0.717) is 23.1 Å². The number of fused-ring (bicyclic) bond motifs is 1. The molecule has 0 bridgehead atoms. The predicted molar refractivity (Wildman–Crippen MR) is 112 cm³/mol. The van der Waals surface area contributed by atoms with Gasteiger partial charge in [0.1, 0.15) is 11.3 Å². The number of thiazole rings is 1. The molecule has 4 N–H and O–H groups in total. The molecule has 0 saturated heterocycles. The first-order valence-electron chi connectivity index (χ1n) is 9.95. The number of nitrogens with zero attached hydrogens (tertiary/aromatic N) is 1. The second kappa shape index (κ2) is 8.62. The van der Waals surface area contributed by atoms with Crippen molar-refractivity contribution in [3.8, 4) is 5.75 Å². The Morgan fingerprint density at radius 2 is 1.90 bits per heavy atom. The Kier molecular flexibility index (Phi) is 6.47. The van der Waals surface area contributed by atoms with E-state index < -0.39 is 23.2 Å². The molecular formula is C20H25F3N4O3S. The fourth-order valence-corrected chi connectivity index (χ4v) is 4.52. The SMILES string of the molecule is CC(C)(NC(=O)C1(CN)CCCCC1)C(=O)Nc1nc2ccc(OC(F)(F)F)cc2s1. The number of carbonyl (C=O) groups excluding carboxylic acids is 2. The van der Waals surface area contributed by atoms with Crippen LogP contribution in [0.4, 0.5) is 18.3 Å². The smallest absolute Gasteiger partial charge is 0.406 e. The third-order valence-corrected chi connectivity index (χ3v) is 6.42. The van der Waals surface area contributed by atoms with Crippen molar-refractivity contribution in [2.45, 2.75) is 57.9 Å². The topological polar surface area (TPSA) is 106 Å². The van der Waals surface area contributed by atoms with Crippen molar-refractivity contribution in [3.63, 3.8) is 0 Å².